The molecule has 0 heterocycles. The Kier molecular flexibility index (Phi) is 156. The van der Waals surface area contributed by atoms with Crippen LogP contribution in [0.1, 0.15) is 0 Å². The Morgan fingerprint density at radius 3 is 1.00 bits per heavy atom. The molecule has 0 fully saturated rings. The van der Waals surface area contributed by atoms with Crippen molar-refractivity contribution in [3.63, 3.8) is 0 Å². The van der Waals surface area contributed by atoms with Gasteiger partial charge in [-0.1, -0.05) is 0 Å². The van der Waals surface area contributed by atoms with E-state index in [1.807, 2.05) is 0 Å². The van der Waals surface area contributed by atoms with E-state index in [1.54, 1.807) is 0 Å². The molecule has 0 aromatic rings. The predicted octanol–water partition coefficient (Wildman–Crippen LogP) is -0.386. The van der Waals surface area contributed by atoms with Crippen LogP contribution in [0.3, 0.4) is 0 Å². The fourth-order valence-corrected chi connectivity index (χ4v) is 0. The van der Waals surface area contributed by atoms with Crippen molar-refractivity contribution in [2.24, 2.45) is 0 Å². The van der Waals surface area contributed by atoms with Gasteiger partial charge in [-0.3, -0.25) is 0 Å². The van der Waals surface area contributed by atoms with Gasteiger partial charge in [0, 0.05) is 77.9 Å². The minimum atomic E-state index is 0. The van der Waals surface area contributed by atoms with Crippen LogP contribution in [0.15, 0.2) is 0 Å². The largest absolute Gasteiger partial charge is 0 e. The molecule has 0 atom stereocenters. The smallest absolute Gasteiger partial charge is 0 e. The minimum Gasteiger partial charge on any atom is 0 e. The Labute approximate surface area is 76.7 Å². The molecular formula is BCoFeLa. The van der Waals surface area contributed by atoms with Crippen molar-refractivity contribution in [1.82, 2.24) is 0 Å². The van der Waals surface area contributed by atoms with E-state index in [9.17, 15) is 0 Å². The second kappa shape index (κ2) is 18.6. The van der Waals surface area contributed by atoms with Crippen LogP contribution in [0, 0.1) is 35.6 Å². The minimum absolute atomic E-state index is 0. The molecule has 23 valence electrons. The topological polar surface area (TPSA) is 0 Å². The molecule has 0 spiro atoms. The van der Waals surface area contributed by atoms with E-state index in [0.717, 1.165) is 0 Å². The molecule has 0 aliphatic rings. The molecule has 0 unspecified atom stereocenters. The molecule has 0 bridgehead atoms. The third-order valence-corrected chi connectivity index (χ3v) is 0. The van der Waals surface area contributed by atoms with Crippen LogP contribution in [0.2, 0.25) is 0 Å². The number of rotatable bonds is 0. The summed E-state index contributed by atoms with van der Waals surface area (Å²) in [5, 5.41) is 0. The van der Waals surface area contributed by atoms with E-state index >= 15 is 0 Å². The summed E-state index contributed by atoms with van der Waals surface area (Å²) < 4.78 is 0. The number of hydrogen-bond donors (Lipinski definition) is 0. The summed E-state index contributed by atoms with van der Waals surface area (Å²) in [6.07, 6.45) is 0. The first-order valence-electron chi connectivity index (χ1n) is 0. The normalized spacial score (nSPS) is 0. The van der Waals surface area contributed by atoms with Crippen molar-refractivity contribution in [2.75, 3.05) is 0 Å². The molecule has 0 aromatic carbocycles. The summed E-state index contributed by atoms with van der Waals surface area (Å²) in [6.45, 7) is 0. The van der Waals surface area contributed by atoms with Crippen LogP contribution >= 0.6 is 0 Å². The maximum absolute atomic E-state index is 0. The van der Waals surface area contributed by atoms with Crippen LogP contribution in [-0.4, -0.2) is 8.41 Å². The standard InChI is InChI=1S/B.Co.Fe.La. The third kappa shape index (κ3) is 8.86. The fraction of sp³-hybridized carbons (Fsp3) is 0. The molecule has 0 aliphatic carbocycles. The zero-order valence-electron chi connectivity index (χ0n) is 1.84. The molecule has 0 aromatic heterocycles. The molecular weight excluding hydrogens is 264 g/mol. The Morgan fingerprint density at radius 2 is 1.00 bits per heavy atom. The van der Waals surface area contributed by atoms with E-state index in [1.165, 1.54) is 0 Å². The molecule has 0 N–H and O–H groups in total. The Morgan fingerprint density at radius 1 is 1.00 bits per heavy atom. The van der Waals surface area contributed by atoms with E-state index in [4.69, 9.17) is 0 Å². The SMILES string of the molecule is [B].[Co].[Fe].[La]. The summed E-state index contributed by atoms with van der Waals surface area (Å²) in [7, 11) is 0. The molecule has 0 saturated heterocycles. The fourth-order valence-electron chi connectivity index (χ4n) is 0. The van der Waals surface area contributed by atoms with Crippen LogP contribution < -0.4 is 0 Å². The predicted molar refractivity (Wildman–Crippen MR) is 5.75 cm³/mol. The van der Waals surface area contributed by atoms with Gasteiger partial charge in [-0.05, 0) is 0 Å². The molecule has 0 amide bonds. The summed E-state index contributed by atoms with van der Waals surface area (Å²) in [5.41, 5.74) is 0. The van der Waals surface area contributed by atoms with Crippen molar-refractivity contribution in [1.29, 1.82) is 0 Å². The Hall–Kier alpha value is 2.29. The van der Waals surface area contributed by atoms with Gasteiger partial charge in [-0.15, -0.1) is 0 Å². The second-order valence-corrected chi connectivity index (χ2v) is 0. The van der Waals surface area contributed by atoms with Crippen LogP contribution in [0.25, 0.3) is 0 Å². The van der Waals surface area contributed by atoms with Crippen molar-refractivity contribution >= 4 is 8.41 Å². The van der Waals surface area contributed by atoms with Crippen molar-refractivity contribution in [3.05, 3.63) is 0 Å². The van der Waals surface area contributed by atoms with E-state index in [2.05, 4.69) is 0 Å². The first-order valence-corrected chi connectivity index (χ1v) is 0. The summed E-state index contributed by atoms with van der Waals surface area (Å²) >= 11 is 0. The Bertz CT molecular complexity index is 8.00. The second-order valence-electron chi connectivity index (χ2n) is 0. The number of hydrogen-bond acceptors (Lipinski definition) is 0. The van der Waals surface area contributed by atoms with Gasteiger partial charge in [0.25, 0.3) is 0 Å². The average Bonchev–Trinajstić information content (AvgIpc) is 0. The maximum Gasteiger partial charge on any atom is 0 e. The summed E-state index contributed by atoms with van der Waals surface area (Å²) in [4.78, 5) is 0. The van der Waals surface area contributed by atoms with E-state index in [-0.39, 0.29) is 77.9 Å². The molecule has 0 nitrogen and oxygen atoms in total. The van der Waals surface area contributed by atoms with Crippen molar-refractivity contribution in [3.8, 4) is 0 Å². The first-order chi connectivity index (χ1) is 0. The van der Waals surface area contributed by atoms with E-state index in [0.29, 0.717) is 0 Å². The van der Waals surface area contributed by atoms with Crippen LogP contribution in [-0.2, 0) is 33.8 Å². The molecule has 0 aliphatic heterocycles. The van der Waals surface area contributed by atoms with Gasteiger partial charge >= 0.3 is 0 Å². The van der Waals surface area contributed by atoms with Crippen molar-refractivity contribution < 1.29 is 69.4 Å². The summed E-state index contributed by atoms with van der Waals surface area (Å²) in [5.74, 6) is 0. The summed E-state index contributed by atoms with van der Waals surface area (Å²) in [6, 6.07) is 0. The Balaban J connectivity index is 0. The third-order valence-electron chi connectivity index (χ3n) is 0. The van der Waals surface area contributed by atoms with Gasteiger partial charge in [0.05, 0.1) is 0 Å². The van der Waals surface area contributed by atoms with Gasteiger partial charge in [-0.2, -0.15) is 0 Å². The zero-order chi connectivity index (χ0) is 0. The molecule has 5 radical (unpaired) electrons. The quantitative estimate of drug-likeness (QED) is 0.523. The van der Waals surface area contributed by atoms with Gasteiger partial charge in [0.1, 0.15) is 0 Å². The molecule has 0 saturated carbocycles. The van der Waals surface area contributed by atoms with E-state index < -0.39 is 0 Å². The van der Waals surface area contributed by atoms with Crippen molar-refractivity contribution in [2.45, 2.75) is 0 Å². The molecule has 4 heavy (non-hydrogen) atoms. The zero-order valence-corrected chi connectivity index (χ0v) is 7.61. The molecule has 0 rings (SSSR count). The monoisotopic (exact) mass is 265 g/mol. The van der Waals surface area contributed by atoms with Crippen LogP contribution in [0.4, 0.5) is 0 Å². The van der Waals surface area contributed by atoms with Crippen LogP contribution in [0.5, 0.6) is 0 Å². The molecule has 4 heteroatoms. The van der Waals surface area contributed by atoms with Gasteiger partial charge in [0.2, 0.25) is 0 Å². The maximum atomic E-state index is 0. The van der Waals surface area contributed by atoms with Gasteiger partial charge < -0.3 is 0 Å². The van der Waals surface area contributed by atoms with Gasteiger partial charge in [-0.25, -0.2) is 0 Å². The van der Waals surface area contributed by atoms with Gasteiger partial charge in [0.15, 0.2) is 0 Å². The first kappa shape index (κ1) is 33.6. The average molecular weight is 264 g/mol.